The van der Waals surface area contributed by atoms with E-state index in [1.54, 1.807) is 30.3 Å². The summed E-state index contributed by atoms with van der Waals surface area (Å²) in [6, 6.07) is 13.8. The van der Waals surface area contributed by atoms with Crippen LogP contribution in [0, 0.1) is 0 Å². The van der Waals surface area contributed by atoms with Gasteiger partial charge in [0.05, 0.1) is 10.6 Å². The van der Waals surface area contributed by atoms with Crippen molar-refractivity contribution >= 4 is 15.7 Å². The first-order valence-corrected chi connectivity index (χ1v) is 9.85. The standard InChI is InChI=1S/C19H24N2O3S/c1-4-21(14-8-6-5-7-9-14)25(22,23)15-10-11-18-16(12-15)17(20)13-19(2,3)24-18/h5-12,17H,4,13,20H2,1-3H3. The predicted molar refractivity (Wildman–Crippen MR) is 99.3 cm³/mol. The summed E-state index contributed by atoms with van der Waals surface area (Å²) in [4.78, 5) is 0.232. The highest BCUT2D eigenvalue weighted by Gasteiger charge is 2.33. The lowest BCUT2D eigenvalue weighted by Gasteiger charge is -2.36. The third-order valence-electron chi connectivity index (χ3n) is 4.40. The van der Waals surface area contributed by atoms with E-state index < -0.39 is 10.0 Å². The molecule has 25 heavy (non-hydrogen) atoms. The van der Waals surface area contributed by atoms with Gasteiger partial charge in [0.2, 0.25) is 0 Å². The van der Waals surface area contributed by atoms with E-state index in [1.807, 2.05) is 39.0 Å². The Bertz CT molecular complexity index is 863. The van der Waals surface area contributed by atoms with Gasteiger partial charge in [-0.25, -0.2) is 8.42 Å². The average Bonchev–Trinajstić information content (AvgIpc) is 2.55. The molecule has 0 aromatic heterocycles. The molecule has 0 amide bonds. The largest absolute Gasteiger partial charge is 0.487 e. The summed E-state index contributed by atoms with van der Waals surface area (Å²) in [7, 11) is -3.67. The van der Waals surface area contributed by atoms with E-state index in [2.05, 4.69) is 0 Å². The minimum absolute atomic E-state index is 0.232. The highest BCUT2D eigenvalue weighted by molar-refractivity contribution is 7.92. The number of benzene rings is 2. The second-order valence-corrected chi connectivity index (χ2v) is 8.74. The molecule has 1 aliphatic heterocycles. The number of nitrogens with two attached hydrogens (primary N) is 1. The fourth-order valence-electron chi connectivity index (χ4n) is 3.26. The third-order valence-corrected chi connectivity index (χ3v) is 6.30. The lowest BCUT2D eigenvalue weighted by Crippen LogP contribution is -2.37. The number of fused-ring (bicyclic) bond motifs is 1. The molecule has 134 valence electrons. The van der Waals surface area contributed by atoms with Crippen LogP contribution in [0.5, 0.6) is 5.75 Å². The van der Waals surface area contributed by atoms with Gasteiger partial charge in [0, 0.05) is 24.6 Å². The maximum atomic E-state index is 13.1. The second-order valence-electron chi connectivity index (χ2n) is 6.88. The number of anilines is 1. The highest BCUT2D eigenvalue weighted by Crippen LogP contribution is 2.39. The van der Waals surface area contributed by atoms with Gasteiger partial charge in [0.1, 0.15) is 11.4 Å². The molecule has 2 aromatic carbocycles. The monoisotopic (exact) mass is 360 g/mol. The molecule has 1 atom stereocenters. The summed E-state index contributed by atoms with van der Waals surface area (Å²) in [5, 5.41) is 0. The molecule has 0 radical (unpaired) electrons. The molecule has 0 spiro atoms. The first kappa shape index (κ1) is 17.8. The molecule has 2 N–H and O–H groups in total. The van der Waals surface area contributed by atoms with Crippen LogP contribution in [0.4, 0.5) is 5.69 Å². The number of para-hydroxylation sites is 1. The zero-order chi connectivity index (χ0) is 18.2. The van der Waals surface area contributed by atoms with Crippen LogP contribution < -0.4 is 14.8 Å². The maximum Gasteiger partial charge on any atom is 0.264 e. The summed E-state index contributed by atoms with van der Waals surface area (Å²) >= 11 is 0. The number of hydrogen-bond acceptors (Lipinski definition) is 4. The van der Waals surface area contributed by atoms with Gasteiger partial charge in [-0.2, -0.15) is 0 Å². The number of nitrogens with zero attached hydrogens (tertiary/aromatic N) is 1. The topological polar surface area (TPSA) is 72.6 Å². The first-order valence-electron chi connectivity index (χ1n) is 8.41. The number of hydrogen-bond donors (Lipinski definition) is 1. The van der Waals surface area contributed by atoms with E-state index in [4.69, 9.17) is 10.5 Å². The average molecular weight is 360 g/mol. The molecule has 5 nitrogen and oxygen atoms in total. The van der Waals surface area contributed by atoms with Crippen molar-refractivity contribution in [3.05, 3.63) is 54.1 Å². The Labute approximate surface area is 149 Å². The Morgan fingerprint density at radius 1 is 1.20 bits per heavy atom. The van der Waals surface area contributed by atoms with Crippen molar-refractivity contribution in [1.82, 2.24) is 0 Å². The fraction of sp³-hybridized carbons (Fsp3) is 0.368. The lowest BCUT2D eigenvalue weighted by molar-refractivity contribution is 0.0727. The normalized spacial score (nSPS) is 19.0. The molecule has 1 aliphatic rings. The molecule has 0 saturated carbocycles. The smallest absolute Gasteiger partial charge is 0.264 e. The van der Waals surface area contributed by atoms with E-state index in [0.29, 0.717) is 24.4 Å². The van der Waals surface area contributed by atoms with E-state index in [1.165, 1.54) is 4.31 Å². The van der Waals surface area contributed by atoms with Crippen molar-refractivity contribution in [2.45, 2.75) is 43.7 Å². The van der Waals surface area contributed by atoms with Gasteiger partial charge in [0.25, 0.3) is 10.0 Å². The summed E-state index contributed by atoms with van der Waals surface area (Å²) in [5.74, 6) is 0.658. The summed E-state index contributed by atoms with van der Waals surface area (Å²) < 4.78 is 33.6. The molecule has 3 rings (SSSR count). The van der Waals surface area contributed by atoms with Crippen LogP contribution in [-0.2, 0) is 10.0 Å². The van der Waals surface area contributed by atoms with Crippen LogP contribution >= 0.6 is 0 Å². The van der Waals surface area contributed by atoms with E-state index in [0.717, 1.165) is 5.56 Å². The lowest BCUT2D eigenvalue weighted by atomic mass is 9.90. The SMILES string of the molecule is CCN(c1ccccc1)S(=O)(=O)c1ccc2c(c1)C(N)CC(C)(C)O2. The van der Waals surface area contributed by atoms with Crippen molar-refractivity contribution < 1.29 is 13.2 Å². The Morgan fingerprint density at radius 2 is 1.88 bits per heavy atom. The summed E-state index contributed by atoms with van der Waals surface area (Å²) in [5.41, 5.74) is 7.29. The number of sulfonamides is 1. The Hall–Kier alpha value is -2.05. The first-order chi connectivity index (χ1) is 11.7. The van der Waals surface area contributed by atoms with Crippen molar-refractivity contribution in [2.24, 2.45) is 5.73 Å². The van der Waals surface area contributed by atoms with Gasteiger partial charge in [-0.3, -0.25) is 4.31 Å². The van der Waals surface area contributed by atoms with Gasteiger partial charge < -0.3 is 10.5 Å². The Morgan fingerprint density at radius 3 is 2.52 bits per heavy atom. The third kappa shape index (κ3) is 3.37. The minimum atomic E-state index is -3.67. The quantitative estimate of drug-likeness (QED) is 0.906. The Kier molecular flexibility index (Phi) is 4.51. The molecule has 1 heterocycles. The zero-order valence-electron chi connectivity index (χ0n) is 14.8. The summed E-state index contributed by atoms with van der Waals surface area (Å²) in [6.07, 6.45) is 0.639. The molecule has 6 heteroatoms. The molecule has 0 aliphatic carbocycles. The molecular weight excluding hydrogens is 336 g/mol. The van der Waals surface area contributed by atoms with E-state index in [-0.39, 0.29) is 16.5 Å². The van der Waals surface area contributed by atoms with Gasteiger partial charge >= 0.3 is 0 Å². The van der Waals surface area contributed by atoms with Crippen LogP contribution in [0.25, 0.3) is 0 Å². The van der Waals surface area contributed by atoms with Gasteiger partial charge in [-0.1, -0.05) is 18.2 Å². The maximum absolute atomic E-state index is 13.1. The molecule has 0 saturated heterocycles. The van der Waals surface area contributed by atoms with E-state index in [9.17, 15) is 8.42 Å². The molecule has 0 bridgehead atoms. The van der Waals surface area contributed by atoms with Gasteiger partial charge in [-0.15, -0.1) is 0 Å². The Balaban J connectivity index is 2.03. The fourth-order valence-corrected chi connectivity index (χ4v) is 4.77. The highest BCUT2D eigenvalue weighted by atomic mass is 32.2. The minimum Gasteiger partial charge on any atom is -0.487 e. The van der Waals surface area contributed by atoms with Crippen molar-refractivity contribution in [3.8, 4) is 5.75 Å². The molecule has 0 fully saturated rings. The summed E-state index contributed by atoms with van der Waals surface area (Å²) in [6.45, 7) is 6.13. The van der Waals surface area contributed by atoms with Gasteiger partial charge in [0.15, 0.2) is 0 Å². The predicted octanol–water partition coefficient (Wildman–Crippen LogP) is 3.46. The zero-order valence-corrected chi connectivity index (χ0v) is 15.6. The van der Waals surface area contributed by atoms with Crippen molar-refractivity contribution in [1.29, 1.82) is 0 Å². The number of rotatable bonds is 4. The molecular formula is C19H24N2O3S. The van der Waals surface area contributed by atoms with Crippen molar-refractivity contribution in [2.75, 3.05) is 10.8 Å². The molecule has 1 unspecified atom stereocenters. The second kappa shape index (κ2) is 6.35. The van der Waals surface area contributed by atoms with Crippen molar-refractivity contribution in [3.63, 3.8) is 0 Å². The van der Waals surface area contributed by atoms with Crippen LogP contribution in [-0.4, -0.2) is 20.6 Å². The van der Waals surface area contributed by atoms with Crippen LogP contribution in [0.2, 0.25) is 0 Å². The van der Waals surface area contributed by atoms with Crippen LogP contribution in [0.15, 0.2) is 53.4 Å². The van der Waals surface area contributed by atoms with Gasteiger partial charge in [-0.05, 0) is 51.1 Å². The number of ether oxygens (including phenoxy) is 1. The van der Waals surface area contributed by atoms with Crippen LogP contribution in [0.3, 0.4) is 0 Å². The van der Waals surface area contributed by atoms with E-state index >= 15 is 0 Å². The van der Waals surface area contributed by atoms with Crippen LogP contribution in [0.1, 0.15) is 38.8 Å². The molecule has 2 aromatic rings.